The molecule has 2 N–H and O–H groups in total. The molecule has 0 aliphatic carbocycles. The zero-order valence-electron chi connectivity index (χ0n) is 21.0. The first-order valence-electron chi connectivity index (χ1n) is 12.0. The second-order valence-corrected chi connectivity index (χ2v) is 9.89. The number of carbonyl (C=O) groups is 1. The standard InChI is InChI=1S/C28H30F3N3O3/c1-18-5-4-6-20-16-34(27(2,3)13-24(18)20)26(36)19-7-12-25(32-14-19)33-15-22(35)17-37-23-10-8-21(9-11-23)28(29,30)31/h4-12,14,22,35H,13,15-17H2,1-3H3,(H,32,33). The maximum Gasteiger partial charge on any atom is 0.416 e. The van der Waals surface area contributed by atoms with Crippen molar-refractivity contribution in [2.75, 3.05) is 18.5 Å². The van der Waals surface area contributed by atoms with Gasteiger partial charge in [-0.1, -0.05) is 18.2 Å². The molecule has 0 saturated heterocycles. The Bertz CT molecular complexity index is 1240. The minimum absolute atomic E-state index is 0.0961. The van der Waals surface area contributed by atoms with Gasteiger partial charge in [0.15, 0.2) is 0 Å². The van der Waals surface area contributed by atoms with Gasteiger partial charge in [-0.15, -0.1) is 0 Å². The lowest BCUT2D eigenvalue weighted by atomic mass is 9.83. The van der Waals surface area contributed by atoms with Gasteiger partial charge in [-0.05, 0) is 80.3 Å². The molecule has 6 nitrogen and oxygen atoms in total. The van der Waals surface area contributed by atoms with Crippen LogP contribution in [0, 0.1) is 6.92 Å². The largest absolute Gasteiger partial charge is 0.491 e. The van der Waals surface area contributed by atoms with Crippen molar-refractivity contribution in [2.24, 2.45) is 0 Å². The number of aryl methyl sites for hydroxylation is 1. The van der Waals surface area contributed by atoms with E-state index in [1.54, 1.807) is 12.1 Å². The van der Waals surface area contributed by atoms with Crippen molar-refractivity contribution in [3.63, 3.8) is 0 Å². The summed E-state index contributed by atoms with van der Waals surface area (Å²) in [6.45, 7) is 6.76. The van der Waals surface area contributed by atoms with E-state index in [0.717, 1.165) is 24.1 Å². The lowest BCUT2D eigenvalue weighted by Crippen LogP contribution is -2.51. The SMILES string of the molecule is Cc1cccc2c1CC(C)(C)N(C(=O)c1ccc(NCC(O)COc3ccc(C(F)(F)F)cc3)nc1)C2. The van der Waals surface area contributed by atoms with E-state index in [0.29, 0.717) is 17.9 Å². The van der Waals surface area contributed by atoms with E-state index < -0.39 is 17.8 Å². The third-order valence-corrected chi connectivity index (χ3v) is 6.57. The summed E-state index contributed by atoms with van der Waals surface area (Å²) < 4.78 is 43.3. The Balaban J connectivity index is 1.30. The molecule has 0 spiro atoms. The van der Waals surface area contributed by atoms with Crippen molar-refractivity contribution >= 4 is 11.7 Å². The first-order chi connectivity index (χ1) is 17.4. The molecule has 1 atom stereocenters. The number of ether oxygens (including phenoxy) is 1. The molecule has 4 rings (SSSR count). The first-order valence-corrected chi connectivity index (χ1v) is 12.0. The molecule has 1 aliphatic rings. The Hall–Kier alpha value is -3.59. The van der Waals surface area contributed by atoms with Crippen LogP contribution in [-0.2, 0) is 19.1 Å². The highest BCUT2D eigenvalue weighted by Crippen LogP contribution is 2.34. The number of aromatic nitrogens is 1. The summed E-state index contributed by atoms with van der Waals surface area (Å²) in [5.74, 6) is 0.608. The maximum absolute atomic E-state index is 13.3. The third-order valence-electron chi connectivity index (χ3n) is 6.57. The molecule has 196 valence electrons. The van der Waals surface area contributed by atoms with Crippen LogP contribution in [0.5, 0.6) is 5.75 Å². The molecule has 37 heavy (non-hydrogen) atoms. The van der Waals surface area contributed by atoms with E-state index in [-0.39, 0.29) is 30.3 Å². The fraction of sp³-hybridized carbons (Fsp3) is 0.357. The summed E-state index contributed by atoms with van der Waals surface area (Å²) in [5.41, 5.74) is 3.06. The maximum atomic E-state index is 13.3. The molecule has 1 amide bonds. The number of hydrogen-bond donors (Lipinski definition) is 2. The molecular weight excluding hydrogens is 483 g/mol. The van der Waals surface area contributed by atoms with E-state index in [1.165, 1.54) is 29.5 Å². The second-order valence-electron chi connectivity index (χ2n) is 9.89. The molecule has 2 aromatic carbocycles. The molecule has 0 radical (unpaired) electrons. The van der Waals surface area contributed by atoms with Crippen molar-refractivity contribution in [3.8, 4) is 5.75 Å². The highest BCUT2D eigenvalue weighted by molar-refractivity contribution is 5.94. The molecule has 0 bridgehead atoms. The van der Waals surface area contributed by atoms with Gasteiger partial charge < -0.3 is 20.1 Å². The summed E-state index contributed by atoms with van der Waals surface area (Å²) in [6.07, 6.45) is -3.05. The van der Waals surface area contributed by atoms with Crippen LogP contribution in [0.3, 0.4) is 0 Å². The summed E-state index contributed by atoms with van der Waals surface area (Å²) in [4.78, 5) is 19.5. The molecule has 1 aromatic heterocycles. The van der Waals surface area contributed by atoms with Crippen molar-refractivity contribution in [2.45, 2.75) is 51.6 Å². The van der Waals surface area contributed by atoms with Gasteiger partial charge in [-0.2, -0.15) is 13.2 Å². The number of aliphatic hydroxyl groups is 1. The van der Waals surface area contributed by atoms with Crippen LogP contribution in [0.4, 0.5) is 19.0 Å². The molecule has 1 unspecified atom stereocenters. The van der Waals surface area contributed by atoms with Gasteiger partial charge in [0.2, 0.25) is 0 Å². The van der Waals surface area contributed by atoms with Gasteiger partial charge in [0, 0.05) is 24.8 Å². The van der Waals surface area contributed by atoms with Gasteiger partial charge in [0.25, 0.3) is 5.91 Å². The van der Waals surface area contributed by atoms with Crippen LogP contribution < -0.4 is 10.1 Å². The van der Waals surface area contributed by atoms with Gasteiger partial charge in [-0.3, -0.25) is 4.79 Å². The van der Waals surface area contributed by atoms with Crippen LogP contribution in [0.2, 0.25) is 0 Å². The predicted octanol–water partition coefficient (Wildman–Crippen LogP) is 5.24. The van der Waals surface area contributed by atoms with E-state index in [1.807, 2.05) is 11.0 Å². The molecule has 9 heteroatoms. The number of alkyl halides is 3. The van der Waals surface area contributed by atoms with Crippen LogP contribution in [-0.4, -0.2) is 45.7 Å². The molecular formula is C28H30F3N3O3. The molecule has 3 aromatic rings. The fourth-order valence-electron chi connectivity index (χ4n) is 4.42. The highest BCUT2D eigenvalue weighted by Gasteiger charge is 2.37. The van der Waals surface area contributed by atoms with E-state index in [9.17, 15) is 23.1 Å². The summed E-state index contributed by atoms with van der Waals surface area (Å²) >= 11 is 0. The summed E-state index contributed by atoms with van der Waals surface area (Å²) in [7, 11) is 0. The number of amides is 1. The summed E-state index contributed by atoms with van der Waals surface area (Å²) in [5, 5.41) is 13.1. The smallest absolute Gasteiger partial charge is 0.416 e. The van der Waals surface area contributed by atoms with Crippen molar-refractivity contribution < 1.29 is 27.8 Å². The van der Waals surface area contributed by atoms with E-state index in [4.69, 9.17) is 4.74 Å². The van der Waals surface area contributed by atoms with E-state index in [2.05, 4.69) is 43.2 Å². The molecule has 2 heterocycles. The number of aliphatic hydroxyl groups excluding tert-OH is 1. The lowest BCUT2D eigenvalue weighted by molar-refractivity contribution is -0.137. The van der Waals surface area contributed by atoms with E-state index >= 15 is 0 Å². The average molecular weight is 514 g/mol. The fourth-order valence-corrected chi connectivity index (χ4v) is 4.42. The van der Waals surface area contributed by atoms with Gasteiger partial charge in [0.05, 0.1) is 11.1 Å². The number of halogens is 3. The Morgan fingerprint density at radius 3 is 2.54 bits per heavy atom. The number of fused-ring (bicyclic) bond motifs is 1. The normalized spacial score (nSPS) is 15.6. The number of benzene rings is 2. The molecule has 0 fully saturated rings. The van der Waals surface area contributed by atoms with Crippen molar-refractivity contribution in [1.82, 2.24) is 9.88 Å². The monoisotopic (exact) mass is 513 g/mol. The van der Waals surface area contributed by atoms with Crippen LogP contribution in [0.1, 0.15) is 46.5 Å². The number of nitrogens with one attached hydrogen (secondary N) is 1. The quantitative estimate of drug-likeness (QED) is 0.452. The molecule has 0 saturated carbocycles. The lowest BCUT2D eigenvalue weighted by Gasteiger charge is -2.44. The number of hydrogen-bond acceptors (Lipinski definition) is 5. The Morgan fingerprint density at radius 1 is 1.16 bits per heavy atom. The van der Waals surface area contributed by atoms with Crippen LogP contribution in [0.25, 0.3) is 0 Å². The number of anilines is 1. The van der Waals surface area contributed by atoms with Crippen molar-refractivity contribution in [3.05, 3.63) is 88.6 Å². The van der Waals surface area contributed by atoms with Gasteiger partial charge >= 0.3 is 6.18 Å². The number of carbonyl (C=O) groups excluding carboxylic acids is 1. The summed E-state index contributed by atoms with van der Waals surface area (Å²) in [6, 6.07) is 13.8. The Kier molecular flexibility index (Phi) is 7.45. The van der Waals surface area contributed by atoms with Gasteiger partial charge in [0.1, 0.15) is 24.3 Å². The minimum atomic E-state index is -4.41. The first kappa shape index (κ1) is 26.5. The Labute approximate surface area is 214 Å². The van der Waals surface area contributed by atoms with Gasteiger partial charge in [-0.25, -0.2) is 4.98 Å². The average Bonchev–Trinajstić information content (AvgIpc) is 2.86. The minimum Gasteiger partial charge on any atom is -0.491 e. The number of rotatable bonds is 7. The predicted molar refractivity (Wildman–Crippen MR) is 135 cm³/mol. The van der Waals surface area contributed by atoms with Crippen molar-refractivity contribution in [1.29, 1.82) is 0 Å². The highest BCUT2D eigenvalue weighted by atomic mass is 19.4. The molecule has 1 aliphatic heterocycles. The number of pyridine rings is 1. The topological polar surface area (TPSA) is 74.7 Å². The van der Waals surface area contributed by atoms with Crippen LogP contribution in [0.15, 0.2) is 60.8 Å². The second kappa shape index (κ2) is 10.4. The number of nitrogens with zero attached hydrogens (tertiary/aromatic N) is 2. The Morgan fingerprint density at radius 2 is 1.89 bits per heavy atom. The third kappa shape index (κ3) is 6.22. The zero-order valence-corrected chi connectivity index (χ0v) is 21.0. The van der Waals surface area contributed by atoms with Crippen LogP contribution >= 0.6 is 0 Å². The zero-order chi connectivity index (χ0) is 26.8.